The number of aryl methyl sites for hydroxylation is 1. The highest BCUT2D eigenvalue weighted by atomic mass is 79.9. The van der Waals surface area contributed by atoms with Gasteiger partial charge in [0.2, 0.25) is 0 Å². The molecule has 2 aromatic carbocycles. The molecule has 0 heterocycles. The summed E-state index contributed by atoms with van der Waals surface area (Å²) in [5, 5.41) is 0.868. The summed E-state index contributed by atoms with van der Waals surface area (Å²) in [5.74, 6) is 0. The molecule has 0 radical (unpaired) electrons. The van der Waals surface area contributed by atoms with Crippen LogP contribution >= 0.6 is 27.5 Å². The monoisotopic (exact) mass is 318 g/mol. The van der Waals surface area contributed by atoms with Crippen molar-refractivity contribution in [1.29, 1.82) is 0 Å². The van der Waals surface area contributed by atoms with Crippen molar-refractivity contribution < 1.29 is 0 Å². The van der Waals surface area contributed by atoms with Gasteiger partial charge in [0, 0.05) is 5.02 Å². The highest BCUT2D eigenvalue weighted by molar-refractivity contribution is 9.11. The average Bonchev–Trinajstić information content (AvgIpc) is 2.56. The number of halogens is 2. The second kappa shape index (κ2) is 4.91. The molecule has 0 N–H and O–H groups in total. The van der Waals surface area contributed by atoms with Crippen molar-refractivity contribution in [2.45, 2.75) is 12.8 Å². The summed E-state index contributed by atoms with van der Waals surface area (Å²) < 4.78 is 0. The van der Waals surface area contributed by atoms with Crippen LogP contribution in [0.1, 0.15) is 22.3 Å². The van der Waals surface area contributed by atoms with E-state index >= 15 is 0 Å². The summed E-state index contributed by atoms with van der Waals surface area (Å²) in [5.41, 5.74) is 6.40. The number of hydrogen-bond acceptors (Lipinski definition) is 0. The molecular formula is C16H12BrCl. The molecule has 1 aliphatic rings. The van der Waals surface area contributed by atoms with E-state index in [0.717, 1.165) is 17.9 Å². The lowest BCUT2D eigenvalue weighted by atomic mass is 9.96. The summed E-state index contributed by atoms with van der Waals surface area (Å²) in [7, 11) is 0. The molecule has 0 saturated heterocycles. The van der Waals surface area contributed by atoms with Crippen molar-refractivity contribution in [1.82, 2.24) is 0 Å². The molecule has 0 aromatic heterocycles. The van der Waals surface area contributed by atoms with Crippen molar-refractivity contribution in [3.63, 3.8) is 0 Å². The Hall–Kier alpha value is -1.05. The van der Waals surface area contributed by atoms with Crippen LogP contribution in [0.4, 0.5) is 0 Å². The zero-order valence-corrected chi connectivity index (χ0v) is 12.1. The first-order valence-corrected chi connectivity index (χ1v) is 7.27. The van der Waals surface area contributed by atoms with E-state index < -0.39 is 0 Å². The second-order valence-electron chi connectivity index (χ2n) is 4.45. The van der Waals surface area contributed by atoms with Gasteiger partial charge in [-0.2, -0.15) is 0 Å². The summed E-state index contributed by atoms with van der Waals surface area (Å²) in [6, 6.07) is 14.7. The fourth-order valence-corrected chi connectivity index (χ4v) is 3.35. The normalized spacial score (nSPS) is 16.0. The quantitative estimate of drug-likeness (QED) is 0.624. The largest absolute Gasteiger partial charge is 0.0840 e. The fourth-order valence-electron chi connectivity index (χ4n) is 2.59. The summed E-state index contributed by atoms with van der Waals surface area (Å²) in [6.45, 7) is 0. The topological polar surface area (TPSA) is 0 Å². The Balaban J connectivity index is 2.29. The summed E-state index contributed by atoms with van der Waals surface area (Å²) in [4.78, 5) is 2.01. The minimum Gasteiger partial charge on any atom is -0.0840 e. The first kappa shape index (κ1) is 12.0. The predicted octanol–water partition coefficient (Wildman–Crippen LogP) is 5.22. The van der Waals surface area contributed by atoms with Gasteiger partial charge in [0.25, 0.3) is 0 Å². The Morgan fingerprint density at radius 1 is 0.944 bits per heavy atom. The van der Waals surface area contributed by atoms with E-state index in [0.29, 0.717) is 0 Å². The van der Waals surface area contributed by atoms with E-state index in [9.17, 15) is 0 Å². The van der Waals surface area contributed by atoms with Crippen LogP contribution < -0.4 is 0 Å². The second-order valence-corrected chi connectivity index (χ2v) is 5.31. The molecule has 0 fully saturated rings. The molecule has 0 amide bonds. The molecule has 0 unspecified atom stereocenters. The van der Waals surface area contributed by atoms with E-state index in [1.165, 1.54) is 27.8 Å². The summed E-state index contributed by atoms with van der Waals surface area (Å²) >= 11 is 9.84. The maximum absolute atomic E-state index is 6.34. The van der Waals surface area contributed by atoms with Gasteiger partial charge in [-0.15, -0.1) is 0 Å². The van der Waals surface area contributed by atoms with Crippen LogP contribution in [0.2, 0.25) is 5.02 Å². The number of rotatable bonds is 0. The van der Waals surface area contributed by atoms with Crippen molar-refractivity contribution in [3.8, 4) is 0 Å². The third kappa shape index (κ3) is 1.92. The van der Waals surface area contributed by atoms with Gasteiger partial charge in [0.15, 0.2) is 0 Å². The van der Waals surface area contributed by atoms with Crippen molar-refractivity contribution in [2.75, 3.05) is 0 Å². The third-order valence-electron chi connectivity index (χ3n) is 3.47. The van der Waals surface area contributed by atoms with Gasteiger partial charge < -0.3 is 0 Å². The molecule has 2 heteroatoms. The van der Waals surface area contributed by atoms with Crippen molar-refractivity contribution in [2.24, 2.45) is 0 Å². The molecule has 0 spiro atoms. The minimum atomic E-state index is 0.868. The first-order valence-electron chi connectivity index (χ1n) is 5.97. The van der Waals surface area contributed by atoms with E-state index in [2.05, 4.69) is 46.3 Å². The van der Waals surface area contributed by atoms with Crippen molar-refractivity contribution in [3.05, 3.63) is 74.7 Å². The fraction of sp³-hybridized carbons (Fsp3) is 0.125. The molecule has 0 nitrogen and oxygen atoms in total. The Labute approximate surface area is 120 Å². The standard InChI is InChI=1S/C16H12BrCl/c17-10-15-12-5-2-1-4-11(12)8-9-14-13(15)6-3-7-16(14)18/h1-7,10H,8-9H2/b15-10+. The first-order chi connectivity index (χ1) is 8.81. The Bertz CT molecular complexity index is 629. The lowest BCUT2D eigenvalue weighted by Gasteiger charge is -2.11. The van der Waals surface area contributed by atoms with Gasteiger partial charge in [0.1, 0.15) is 0 Å². The zero-order valence-electron chi connectivity index (χ0n) is 9.79. The van der Waals surface area contributed by atoms with Gasteiger partial charge >= 0.3 is 0 Å². The lowest BCUT2D eigenvalue weighted by molar-refractivity contribution is 0.965. The highest BCUT2D eigenvalue weighted by Crippen LogP contribution is 2.36. The van der Waals surface area contributed by atoms with Gasteiger partial charge in [-0.1, -0.05) is 63.9 Å². The minimum absolute atomic E-state index is 0.868. The number of benzene rings is 2. The van der Waals surface area contributed by atoms with Gasteiger partial charge in [-0.3, -0.25) is 0 Å². The Kier molecular flexibility index (Phi) is 3.27. The highest BCUT2D eigenvalue weighted by Gasteiger charge is 2.18. The van der Waals surface area contributed by atoms with Gasteiger partial charge in [-0.05, 0) is 51.7 Å². The average molecular weight is 320 g/mol. The molecular weight excluding hydrogens is 308 g/mol. The van der Waals surface area contributed by atoms with Gasteiger partial charge in [-0.25, -0.2) is 0 Å². The Morgan fingerprint density at radius 2 is 1.72 bits per heavy atom. The van der Waals surface area contributed by atoms with E-state index in [4.69, 9.17) is 11.6 Å². The van der Waals surface area contributed by atoms with E-state index in [1.807, 2.05) is 17.1 Å². The summed E-state index contributed by atoms with van der Waals surface area (Å²) in [6.07, 6.45) is 2.04. The molecule has 90 valence electrons. The smallest absolute Gasteiger partial charge is 0.0444 e. The van der Waals surface area contributed by atoms with E-state index in [1.54, 1.807) is 0 Å². The van der Waals surface area contributed by atoms with Crippen LogP contribution in [-0.4, -0.2) is 0 Å². The number of hydrogen-bond donors (Lipinski definition) is 0. The van der Waals surface area contributed by atoms with Crippen LogP contribution in [-0.2, 0) is 12.8 Å². The zero-order chi connectivity index (χ0) is 12.5. The maximum atomic E-state index is 6.34. The van der Waals surface area contributed by atoms with Crippen LogP contribution in [0, 0.1) is 0 Å². The SMILES string of the molecule is Clc1cccc2c1CCc1ccccc1/C2=C\Br. The molecule has 0 aliphatic heterocycles. The molecule has 1 aliphatic carbocycles. The maximum Gasteiger partial charge on any atom is 0.0444 e. The lowest BCUT2D eigenvalue weighted by Crippen LogP contribution is -1.92. The van der Waals surface area contributed by atoms with Gasteiger partial charge in [0.05, 0.1) is 0 Å². The number of fused-ring (bicyclic) bond motifs is 2. The molecule has 18 heavy (non-hydrogen) atoms. The predicted molar refractivity (Wildman–Crippen MR) is 81.3 cm³/mol. The van der Waals surface area contributed by atoms with Crippen LogP contribution in [0.5, 0.6) is 0 Å². The molecule has 0 saturated carbocycles. The molecule has 0 atom stereocenters. The molecule has 3 rings (SSSR count). The van der Waals surface area contributed by atoms with Crippen LogP contribution in [0.25, 0.3) is 5.57 Å². The van der Waals surface area contributed by atoms with E-state index in [-0.39, 0.29) is 0 Å². The third-order valence-corrected chi connectivity index (χ3v) is 4.28. The molecule has 2 aromatic rings. The Morgan fingerprint density at radius 3 is 2.56 bits per heavy atom. The van der Waals surface area contributed by atoms with Crippen LogP contribution in [0.3, 0.4) is 0 Å². The van der Waals surface area contributed by atoms with Crippen molar-refractivity contribution >= 4 is 33.1 Å². The van der Waals surface area contributed by atoms with Crippen LogP contribution in [0.15, 0.2) is 47.4 Å². The molecule has 0 bridgehead atoms.